The van der Waals surface area contributed by atoms with Gasteiger partial charge in [0.2, 0.25) is 0 Å². The first-order chi connectivity index (χ1) is 10.4. The molecule has 0 radical (unpaired) electrons. The maximum Gasteiger partial charge on any atom is 1.00 e. The van der Waals surface area contributed by atoms with E-state index in [1.54, 1.807) is 0 Å². The van der Waals surface area contributed by atoms with E-state index in [0.717, 1.165) is 25.0 Å². The SMILES string of the molecule is CC(C)(C)CC(C)(C)OC(=O)/C=C\C(=O)OC(C)(C)CC(C)(C)C.[H-].[Na+]. The molecule has 0 N–H and O–H groups in total. The van der Waals surface area contributed by atoms with Crippen LogP contribution in [0.15, 0.2) is 12.2 Å². The predicted octanol–water partition coefficient (Wildman–Crippen LogP) is 2.18. The Morgan fingerprint density at radius 3 is 1.12 bits per heavy atom. The number of carbonyl (C=O) groups excluding carboxylic acids is 2. The molecule has 0 spiro atoms. The van der Waals surface area contributed by atoms with Gasteiger partial charge in [-0.3, -0.25) is 0 Å². The molecule has 0 heterocycles. The van der Waals surface area contributed by atoms with Crippen LogP contribution in [-0.4, -0.2) is 23.1 Å². The first-order valence-corrected chi connectivity index (χ1v) is 8.55. The number of esters is 2. The molecule has 142 valence electrons. The molecule has 0 bridgehead atoms. The second kappa shape index (κ2) is 9.57. The minimum absolute atomic E-state index is 0. The summed E-state index contributed by atoms with van der Waals surface area (Å²) in [5.41, 5.74) is -1.09. The maximum atomic E-state index is 11.9. The van der Waals surface area contributed by atoms with Crippen molar-refractivity contribution < 1.29 is 50.0 Å². The third kappa shape index (κ3) is 15.6. The zero-order valence-corrected chi connectivity index (χ0v) is 20.2. The third-order valence-electron chi connectivity index (χ3n) is 3.02. The minimum atomic E-state index is -0.588. The van der Waals surface area contributed by atoms with Gasteiger partial charge in [-0.15, -0.1) is 0 Å². The number of ether oxygens (including phenoxy) is 2. The fourth-order valence-electron chi connectivity index (χ4n) is 3.38. The molecule has 0 aromatic rings. The van der Waals surface area contributed by atoms with Crippen LogP contribution in [-0.2, 0) is 19.1 Å². The molecule has 0 rings (SSSR count). The van der Waals surface area contributed by atoms with Crippen molar-refractivity contribution >= 4 is 11.9 Å². The van der Waals surface area contributed by atoms with Gasteiger partial charge in [-0.1, -0.05) is 41.5 Å². The molecule has 0 fully saturated rings. The average Bonchev–Trinajstić information content (AvgIpc) is 2.17. The zero-order valence-electron chi connectivity index (χ0n) is 19.2. The van der Waals surface area contributed by atoms with Crippen molar-refractivity contribution in [2.75, 3.05) is 0 Å². The molecule has 25 heavy (non-hydrogen) atoms. The van der Waals surface area contributed by atoms with Gasteiger partial charge in [-0.25, -0.2) is 9.59 Å². The summed E-state index contributed by atoms with van der Waals surface area (Å²) in [6.07, 6.45) is 3.73. The normalized spacial score (nSPS) is 13.4. The monoisotopic (exact) mass is 364 g/mol. The number of rotatable bonds is 6. The Morgan fingerprint density at radius 1 is 0.680 bits per heavy atom. The molecule has 0 aliphatic rings. The van der Waals surface area contributed by atoms with E-state index >= 15 is 0 Å². The fourth-order valence-corrected chi connectivity index (χ4v) is 3.38. The third-order valence-corrected chi connectivity index (χ3v) is 3.02. The fraction of sp³-hybridized carbons (Fsp3) is 0.800. The molecule has 0 unspecified atom stereocenters. The summed E-state index contributed by atoms with van der Waals surface area (Å²) in [7, 11) is 0. The van der Waals surface area contributed by atoms with Crippen LogP contribution in [0, 0.1) is 10.8 Å². The van der Waals surface area contributed by atoms with Gasteiger partial charge in [0.05, 0.1) is 0 Å². The van der Waals surface area contributed by atoms with E-state index in [9.17, 15) is 9.59 Å². The summed E-state index contributed by atoms with van der Waals surface area (Å²) >= 11 is 0. The molecule has 0 aliphatic carbocycles. The molecule has 0 saturated carbocycles. The van der Waals surface area contributed by atoms with Gasteiger partial charge in [0, 0.05) is 12.2 Å². The van der Waals surface area contributed by atoms with Crippen molar-refractivity contribution in [1.82, 2.24) is 0 Å². The predicted molar refractivity (Wildman–Crippen MR) is 98.7 cm³/mol. The van der Waals surface area contributed by atoms with E-state index in [-0.39, 0.29) is 41.8 Å². The van der Waals surface area contributed by atoms with Crippen LogP contribution in [0.1, 0.15) is 83.5 Å². The molecule has 0 saturated heterocycles. The topological polar surface area (TPSA) is 52.6 Å². The molecule has 0 amide bonds. The Hall–Kier alpha value is -0.320. The molecular weight excluding hydrogens is 327 g/mol. The van der Waals surface area contributed by atoms with Crippen LogP contribution >= 0.6 is 0 Å². The Morgan fingerprint density at radius 2 is 0.920 bits per heavy atom. The van der Waals surface area contributed by atoms with E-state index in [1.807, 2.05) is 27.7 Å². The molecule has 0 aromatic heterocycles. The van der Waals surface area contributed by atoms with Crippen molar-refractivity contribution in [2.45, 2.75) is 93.3 Å². The minimum Gasteiger partial charge on any atom is -1.00 e. The maximum absolute atomic E-state index is 11.9. The molecule has 5 heteroatoms. The summed E-state index contributed by atoms with van der Waals surface area (Å²) in [5.74, 6) is -1.07. The molecule has 0 atom stereocenters. The van der Waals surface area contributed by atoms with Crippen LogP contribution in [0.4, 0.5) is 0 Å². The van der Waals surface area contributed by atoms with Crippen molar-refractivity contribution in [3.8, 4) is 0 Å². The van der Waals surface area contributed by atoms with E-state index in [2.05, 4.69) is 41.5 Å². The van der Waals surface area contributed by atoms with E-state index in [4.69, 9.17) is 9.47 Å². The van der Waals surface area contributed by atoms with Crippen molar-refractivity contribution in [2.24, 2.45) is 10.8 Å². The van der Waals surface area contributed by atoms with Gasteiger partial charge >= 0.3 is 41.5 Å². The summed E-state index contributed by atoms with van der Waals surface area (Å²) < 4.78 is 10.9. The summed E-state index contributed by atoms with van der Waals surface area (Å²) in [4.78, 5) is 23.9. The van der Waals surface area contributed by atoms with E-state index in [0.29, 0.717) is 0 Å². The second-order valence-electron chi connectivity index (χ2n) is 10.2. The Balaban J connectivity index is -0.00000264. The molecule has 4 nitrogen and oxygen atoms in total. The summed E-state index contributed by atoms with van der Waals surface area (Å²) in [6, 6.07) is 0. The first kappa shape index (κ1) is 26.9. The molecular formula is C20H37NaO4. The van der Waals surface area contributed by atoms with Gasteiger partial charge < -0.3 is 10.9 Å². The standard InChI is InChI=1S/C20H36O4.Na.H/c1-17(2,3)13-19(7,8)23-15(21)11-12-16(22)24-20(9,10)14-18(4,5)6;;/h11-12H,13-14H2,1-10H3;;/q;+1;-1/b12-11-;;. The van der Waals surface area contributed by atoms with Gasteiger partial charge in [0.15, 0.2) is 0 Å². The Kier molecular flexibility index (Phi) is 10.3. The van der Waals surface area contributed by atoms with Crippen molar-refractivity contribution in [3.63, 3.8) is 0 Å². The van der Waals surface area contributed by atoms with Gasteiger partial charge in [-0.05, 0) is 51.4 Å². The second-order valence-corrected chi connectivity index (χ2v) is 10.2. The summed E-state index contributed by atoms with van der Waals surface area (Å²) in [5, 5.41) is 0. The first-order valence-electron chi connectivity index (χ1n) is 8.55. The molecule has 0 aliphatic heterocycles. The summed E-state index contributed by atoms with van der Waals surface area (Å²) in [6.45, 7) is 20.0. The van der Waals surface area contributed by atoms with Gasteiger partial charge in [-0.2, -0.15) is 0 Å². The van der Waals surface area contributed by atoms with Crippen LogP contribution in [0.2, 0.25) is 0 Å². The molecule has 0 aromatic carbocycles. The van der Waals surface area contributed by atoms with Crippen LogP contribution in [0.5, 0.6) is 0 Å². The number of hydrogen-bond acceptors (Lipinski definition) is 4. The van der Waals surface area contributed by atoms with Crippen LogP contribution in [0.3, 0.4) is 0 Å². The number of carbonyl (C=O) groups is 2. The van der Waals surface area contributed by atoms with Crippen molar-refractivity contribution in [3.05, 3.63) is 12.2 Å². The van der Waals surface area contributed by atoms with E-state index in [1.165, 1.54) is 0 Å². The Labute approximate surface area is 177 Å². The average molecular weight is 365 g/mol. The zero-order chi connectivity index (χ0) is 19.4. The largest absolute Gasteiger partial charge is 1.00 e. The quantitative estimate of drug-likeness (QED) is 0.412. The Bertz CT molecular complexity index is 439. The number of hydrogen-bond donors (Lipinski definition) is 0. The van der Waals surface area contributed by atoms with E-state index < -0.39 is 23.1 Å². The van der Waals surface area contributed by atoms with Crippen LogP contribution in [0.25, 0.3) is 0 Å². The van der Waals surface area contributed by atoms with Gasteiger partial charge in [0.1, 0.15) is 11.2 Å². The van der Waals surface area contributed by atoms with Crippen molar-refractivity contribution in [1.29, 1.82) is 0 Å². The smallest absolute Gasteiger partial charge is 1.00 e. The van der Waals surface area contributed by atoms with Gasteiger partial charge in [0.25, 0.3) is 0 Å². The van der Waals surface area contributed by atoms with Crippen LogP contribution < -0.4 is 29.6 Å².